The Morgan fingerprint density at radius 3 is 1.65 bits per heavy atom. The number of amides is 6. The highest BCUT2D eigenvalue weighted by Gasteiger charge is 2.37. The minimum atomic E-state index is -0.746. The molecule has 8 rings (SSSR count). The summed E-state index contributed by atoms with van der Waals surface area (Å²) in [4.78, 5) is 62.4. The SMILES string of the molecule is C.C.CN(C(=O)NCc1cccc(F)c1Cl)[C@H](CO)C[C@@H]1COC(C)(C)O1.CN(C(=O)NCc1cccc(F)c1Cl)[C@H](COC(=O)Nc1cc2ccccc2cn1)C[C@@H]1COC(C)(C)O1.S.S.[N-]=[N+]=NC(=O)c1cc2ccccc2cn1. The van der Waals surface area contributed by atoms with E-state index >= 15 is 0 Å². The van der Waals surface area contributed by atoms with Gasteiger partial charge in [0.15, 0.2) is 11.6 Å². The number of aliphatic hydroxyl groups excluding tert-OH is 1. The van der Waals surface area contributed by atoms with E-state index in [2.05, 4.69) is 35.9 Å². The van der Waals surface area contributed by atoms with Gasteiger partial charge in [0.1, 0.15) is 29.8 Å². The van der Waals surface area contributed by atoms with Gasteiger partial charge in [-0.1, -0.05) is 111 Å². The number of nitrogens with zero attached hydrogens (tertiary/aromatic N) is 7. The lowest BCUT2D eigenvalue weighted by Crippen LogP contribution is -2.47. The molecule has 26 heteroatoms. The maximum absolute atomic E-state index is 13.7. The summed E-state index contributed by atoms with van der Waals surface area (Å²) in [6, 6.07) is 25.5. The standard InChI is InChI=1S/C27H30ClFN4O5.C17H24ClFN2O4.C10H6N4O.2CH4.2H2S/c1-27(2)37-16-21(38-27)12-20(33(3)25(34)31-14-19-9-6-10-22(29)24(19)28)15-36-26(35)32-23-11-17-7-4-5-8-18(17)13-30-23;1-17(2)24-10-13(25-17)7-12(9-22)21(3)16(23)20-8-11-5-4-6-14(19)15(11)18;11-14-13-10(15)9-5-7-3-1-2-4-8(7)6-12-9;;;;/h4-11,13,20-21H,12,14-16H2,1-3H3,(H,31,34)(H,30,32,35);4-6,12-13,22H,7-10H2,1-3H3,(H,20,23);1-6H;2*1H4;2*1H2/t20-,21+;12-,13+;;;;;/m00...../s1. The average molecular weight is 1220 g/mol. The first-order valence-electron chi connectivity index (χ1n) is 24.5. The van der Waals surface area contributed by atoms with Crippen molar-refractivity contribution < 1.29 is 56.7 Å². The first kappa shape index (κ1) is 71.5. The topological polar surface area (TPSA) is 252 Å². The number of hydrogen-bond donors (Lipinski definition) is 4. The highest BCUT2D eigenvalue weighted by molar-refractivity contribution is 7.59. The molecule has 82 heavy (non-hydrogen) atoms. The predicted octanol–water partition coefficient (Wildman–Crippen LogP) is 12.0. The zero-order valence-corrected chi connectivity index (χ0v) is 48.1. The first-order valence-corrected chi connectivity index (χ1v) is 25.3. The third-order valence-corrected chi connectivity index (χ3v) is 13.2. The fraction of sp³-hybridized carbons (Fsp3) is 0.393. The monoisotopic (exact) mass is 1220 g/mol. The van der Waals surface area contributed by atoms with Crippen LogP contribution in [0.15, 0.2) is 115 Å². The maximum atomic E-state index is 13.7. The molecule has 4 heterocycles. The third kappa shape index (κ3) is 21.0. The molecule has 0 spiro atoms. The number of halogens is 4. The Morgan fingerprint density at radius 2 is 1.18 bits per heavy atom. The molecule has 2 saturated heterocycles. The summed E-state index contributed by atoms with van der Waals surface area (Å²) in [7, 11) is 3.17. The van der Waals surface area contributed by atoms with Crippen molar-refractivity contribution in [1.82, 2.24) is 30.4 Å². The Bertz CT molecular complexity index is 3130. The van der Waals surface area contributed by atoms with Gasteiger partial charge in [-0.2, -0.15) is 27.0 Å². The average Bonchev–Trinajstić information content (AvgIpc) is 3.97. The Kier molecular flexibility index (Phi) is 29.2. The summed E-state index contributed by atoms with van der Waals surface area (Å²) in [5.41, 5.74) is 9.21. The van der Waals surface area contributed by atoms with Crippen LogP contribution in [0.25, 0.3) is 32.0 Å². The molecule has 0 bridgehead atoms. The van der Waals surface area contributed by atoms with E-state index in [1.807, 2.05) is 76.2 Å². The number of anilines is 1. The first-order chi connectivity index (χ1) is 37.1. The van der Waals surface area contributed by atoms with Crippen LogP contribution in [-0.4, -0.2) is 125 Å². The number of hydrogen-bond acceptors (Lipinski definition) is 12. The molecule has 2 aliphatic rings. The Morgan fingerprint density at radius 1 is 0.732 bits per heavy atom. The van der Waals surface area contributed by atoms with Crippen molar-refractivity contribution in [2.24, 2.45) is 5.11 Å². The van der Waals surface area contributed by atoms with E-state index in [-0.39, 0.29) is 96.1 Å². The number of fused-ring (bicyclic) bond motifs is 2. The number of azide groups is 1. The number of benzene rings is 4. The predicted molar refractivity (Wildman–Crippen MR) is 323 cm³/mol. The lowest BCUT2D eigenvalue weighted by molar-refractivity contribution is -0.141. The molecule has 0 radical (unpaired) electrons. The molecule has 6 aromatic rings. The summed E-state index contributed by atoms with van der Waals surface area (Å²) < 4.78 is 55.4. The van der Waals surface area contributed by atoms with Gasteiger partial charge in [0.25, 0.3) is 5.91 Å². The van der Waals surface area contributed by atoms with Crippen molar-refractivity contribution in [3.8, 4) is 0 Å². The summed E-state index contributed by atoms with van der Waals surface area (Å²) in [6.07, 6.45) is 2.84. The van der Waals surface area contributed by atoms with E-state index in [0.29, 0.717) is 43.0 Å². The van der Waals surface area contributed by atoms with Gasteiger partial charge in [0.05, 0.1) is 54.2 Å². The van der Waals surface area contributed by atoms with Crippen LogP contribution in [0.1, 0.15) is 77.0 Å². The smallest absolute Gasteiger partial charge is 0.412 e. The number of urea groups is 2. The summed E-state index contributed by atoms with van der Waals surface area (Å²) in [5.74, 6) is -2.81. The molecule has 0 saturated carbocycles. The number of carbonyl (C=O) groups excluding carboxylic acids is 4. The van der Waals surface area contributed by atoms with Crippen molar-refractivity contribution in [3.63, 3.8) is 0 Å². The van der Waals surface area contributed by atoms with Crippen molar-refractivity contribution in [2.75, 3.05) is 45.8 Å². The van der Waals surface area contributed by atoms with E-state index in [1.54, 1.807) is 50.8 Å². The fourth-order valence-corrected chi connectivity index (χ4v) is 8.49. The molecule has 2 fully saturated rings. The van der Waals surface area contributed by atoms with Crippen LogP contribution in [0.4, 0.5) is 29.0 Å². The molecule has 6 amide bonds. The second-order valence-electron chi connectivity index (χ2n) is 18.9. The second-order valence-corrected chi connectivity index (χ2v) is 19.6. The number of ether oxygens (including phenoxy) is 5. The third-order valence-electron chi connectivity index (χ3n) is 12.3. The van der Waals surface area contributed by atoms with Gasteiger partial charge in [-0.05, 0) is 97.3 Å². The molecular weight excluding hydrogens is 1150 g/mol. The zero-order chi connectivity index (χ0) is 56.6. The number of rotatable bonds is 15. The molecule has 4 atom stereocenters. The quantitative estimate of drug-likeness (QED) is 0.0426. The van der Waals surface area contributed by atoms with Gasteiger partial charge < -0.3 is 49.2 Å². The van der Waals surface area contributed by atoms with E-state index in [4.69, 9.17) is 52.4 Å². The van der Waals surface area contributed by atoms with Gasteiger partial charge in [0.2, 0.25) is 0 Å². The minimum absolute atomic E-state index is 0. The van der Waals surface area contributed by atoms with E-state index in [9.17, 15) is 33.1 Å². The Labute approximate surface area is 500 Å². The molecule has 4 aromatic carbocycles. The summed E-state index contributed by atoms with van der Waals surface area (Å²) in [6.45, 7) is 7.81. The van der Waals surface area contributed by atoms with E-state index in [0.717, 1.165) is 21.5 Å². The van der Waals surface area contributed by atoms with Crippen LogP contribution in [-0.2, 0) is 36.8 Å². The lowest BCUT2D eigenvalue weighted by atomic mass is 10.1. The molecule has 0 aliphatic carbocycles. The van der Waals surface area contributed by atoms with Gasteiger partial charge >= 0.3 is 18.2 Å². The molecule has 446 valence electrons. The summed E-state index contributed by atoms with van der Waals surface area (Å²) >= 11 is 11.9. The van der Waals surface area contributed by atoms with Crippen LogP contribution in [0.5, 0.6) is 0 Å². The largest absolute Gasteiger partial charge is 0.447 e. The van der Waals surface area contributed by atoms with Crippen LogP contribution in [0.3, 0.4) is 0 Å². The van der Waals surface area contributed by atoms with Gasteiger partial charge in [-0.25, -0.2) is 28.1 Å². The van der Waals surface area contributed by atoms with Crippen LogP contribution in [0, 0.1) is 11.6 Å². The normalized spacial score (nSPS) is 15.9. The van der Waals surface area contributed by atoms with Crippen LogP contribution in [0.2, 0.25) is 10.0 Å². The van der Waals surface area contributed by atoms with Crippen molar-refractivity contribution in [2.45, 2.75) is 104 Å². The number of aliphatic hydroxyl groups is 1. The van der Waals surface area contributed by atoms with Gasteiger partial charge in [-0.3, -0.25) is 15.1 Å². The molecule has 20 nitrogen and oxygen atoms in total. The van der Waals surface area contributed by atoms with Gasteiger partial charge in [-0.15, -0.1) is 0 Å². The Hall–Kier alpha value is -6.57. The van der Waals surface area contributed by atoms with E-state index < -0.39 is 59.4 Å². The van der Waals surface area contributed by atoms with Crippen LogP contribution < -0.4 is 16.0 Å². The highest BCUT2D eigenvalue weighted by Crippen LogP contribution is 2.28. The number of likely N-dealkylation sites (N-methyl/N-ethyl adjacent to an activating group) is 2. The number of pyridine rings is 2. The molecule has 4 N–H and O–H groups in total. The number of aromatic nitrogens is 2. The van der Waals surface area contributed by atoms with Crippen LogP contribution >= 0.6 is 50.2 Å². The fourth-order valence-electron chi connectivity index (χ4n) is 8.11. The van der Waals surface area contributed by atoms with Crippen molar-refractivity contribution >= 4 is 102 Å². The minimum Gasteiger partial charge on any atom is -0.447 e. The van der Waals surface area contributed by atoms with E-state index in [1.165, 1.54) is 34.1 Å². The molecule has 2 aromatic heterocycles. The van der Waals surface area contributed by atoms with Crippen molar-refractivity contribution in [1.29, 1.82) is 0 Å². The molecule has 2 aliphatic heterocycles. The maximum Gasteiger partial charge on any atom is 0.412 e. The lowest BCUT2D eigenvalue weighted by Gasteiger charge is -2.30. The van der Waals surface area contributed by atoms with Gasteiger partial charge in [0, 0.05) is 55.3 Å². The summed E-state index contributed by atoms with van der Waals surface area (Å²) in [5, 5.41) is 24.3. The zero-order valence-electron chi connectivity index (χ0n) is 44.6. The molecule has 0 unspecified atom stereocenters. The highest BCUT2D eigenvalue weighted by atomic mass is 35.5. The van der Waals surface area contributed by atoms with Crippen molar-refractivity contribution in [3.05, 3.63) is 158 Å². The molecular formula is C56H72Cl2F2N10O10S2. The number of carbonyl (C=O) groups is 4. The second kappa shape index (κ2) is 33.5. The number of nitrogens with one attached hydrogen (secondary N) is 3. The Balaban J connectivity index is 0.000000450.